The Bertz CT molecular complexity index is 1970. The van der Waals surface area contributed by atoms with Gasteiger partial charge in [0.05, 0.1) is 0 Å². The number of hydrogen-bond acceptors (Lipinski definition) is 0. The van der Waals surface area contributed by atoms with E-state index in [4.69, 9.17) is 0 Å². The number of rotatable bonds is 2. The molecule has 0 heteroatoms. The largest absolute Gasteiger partial charge is 0.0651 e. The first kappa shape index (κ1) is 84.4. The molecule has 0 aliphatic heterocycles. The fourth-order valence-electron chi connectivity index (χ4n) is 25.4. The zero-order valence-electron chi connectivity index (χ0n) is 70.3. The third-order valence-corrected chi connectivity index (χ3v) is 30.1. The fraction of sp³-hybridized carbons (Fsp3) is 1.00. The van der Waals surface area contributed by atoms with Gasteiger partial charge in [-0.15, -0.1) is 0 Å². The highest BCUT2D eigenvalue weighted by Gasteiger charge is 2.51. The molecule has 11 atom stereocenters. The lowest BCUT2D eigenvalue weighted by atomic mass is 9.56. The first-order chi connectivity index (χ1) is 41.7. The van der Waals surface area contributed by atoms with Crippen molar-refractivity contribution in [1.29, 1.82) is 0 Å². The molecule has 0 nitrogen and oxygen atoms in total. The van der Waals surface area contributed by atoms with Crippen LogP contribution in [0.1, 0.15) is 434 Å². The molecular formula is C92H178. The molecule has 0 spiro atoms. The quantitative estimate of drug-likeness (QED) is 0.259. The van der Waals surface area contributed by atoms with E-state index in [1.165, 1.54) is 173 Å². The highest BCUT2D eigenvalue weighted by Crippen LogP contribution is 2.60. The van der Waals surface area contributed by atoms with Gasteiger partial charge in [-0.25, -0.2) is 0 Å². The Morgan fingerprint density at radius 3 is 0.989 bits per heavy atom. The van der Waals surface area contributed by atoms with Crippen LogP contribution >= 0.6 is 0 Å². The maximum atomic E-state index is 2.46. The molecule has 546 valence electrons. The van der Waals surface area contributed by atoms with Gasteiger partial charge in [0.1, 0.15) is 0 Å². The summed E-state index contributed by atoms with van der Waals surface area (Å²) in [5.74, 6) is 15.6. The van der Waals surface area contributed by atoms with E-state index in [2.05, 4.69) is 228 Å². The van der Waals surface area contributed by atoms with Crippen molar-refractivity contribution in [3.63, 3.8) is 0 Å². The molecule has 0 saturated heterocycles. The minimum absolute atomic E-state index is 0.547. The van der Waals surface area contributed by atoms with E-state index in [-0.39, 0.29) is 0 Å². The second kappa shape index (κ2) is 33.2. The molecule has 92 heavy (non-hydrogen) atoms. The molecule has 6 bridgehead atoms. The van der Waals surface area contributed by atoms with Crippen LogP contribution in [0.15, 0.2) is 0 Å². The van der Waals surface area contributed by atoms with E-state index in [1.807, 2.05) is 0 Å². The molecule has 12 aliphatic rings. The van der Waals surface area contributed by atoms with Crippen LogP contribution < -0.4 is 0 Å². The molecule has 0 aromatic rings. The van der Waals surface area contributed by atoms with Gasteiger partial charge >= 0.3 is 0 Å². The summed E-state index contributed by atoms with van der Waals surface area (Å²) in [7, 11) is 0. The topological polar surface area (TPSA) is 0 Å². The number of hydrogen-bond donors (Lipinski definition) is 0. The number of fused-ring (bicyclic) bond motifs is 6. The zero-order valence-corrected chi connectivity index (χ0v) is 70.3. The predicted molar refractivity (Wildman–Crippen MR) is 417 cm³/mol. The molecule has 0 heterocycles. The maximum absolute atomic E-state index is 2.46. The van der Waals surface area contributed by atoms with Crippen molar-refractivity contribution in [3.8, 4) is 0 Å². The highest BCUT2D eigenvalue weighted by atomic mass is 14.6. The van der Waals surface area contributed by atoms with Gasteiger partial charge in [0, 0.05) is 0 Å². The molecule has 12 saturated carbocycles. The molecule has 8 unspecified atom stereocenters. The monoisotopic (exact) mass is 1280 g/mol. The summed E-state index contributed by atoms with van der Waals surface area (Å²) in [6, 6.07) is 0. The van der Waals surface area contributed by atoms with Gasteiger partial charge in [-0.05, 0) is 301 Å². The van der Waals surface area contributed by atoms with Crippen LogP contribution in [0.5, 0.6) is 0 Å². The molecule has 12 aliphatic carbocycles. The maximum Gasteiger partial charge on any atom is -0.0297 e. The Kier molecular flexibility index (Phi) is 30.5. The van der Waals surface area contributed by atoms with E-state index in [0.717, 1.165) is 88.8 Å². The molecule has 12 fully saturated rings. The SMILES string of the molecule is CC1(C)CC(C)(C)CC(C)(C)C1.CC1C(C)(C)CCCC1(C)C.CC1C2CCC(C2)[C@H]1C.CC1CC(C)(C)CC(C)(C)C1.CC1CCC(C)(C)CC1.CCC1CC(C)(C)CC(C)(C)C1.CCC1CC2CCC1C2.C[C@@H]1C2CCC(C2)C1(C)C.C[C@@H]1CCCCC1(C)C. The molecule has 0 N–H and O–H groups in total. The summed E-state index contributed by atoms with van der Waals surface area (Å²) >= 11 is 0. The van der Waals surface area contributed by atoms with Crippen molar-refractivity contribution < 1.29 is 0 Å². The predicted octanol–water partition coefficient (Wildman–Crippen LogP) is 31.3. The molecule has 0 amide bonds. The van der Waals surface area contributed by atoms with E-state index in [9.17, 15) is 0 Å². The summed E-state index contributed by atoms with van der Waals surface area (Å²) < 4.78 is 0. The Labute approximate surface area is 584 Å². The molecule has 0 radical (unpaired) electrons. The summed E-state index contributed by atoms with van der Waals surface area (Å²) in [6.45, 7) is 79.5. The Morgan fingerprint density at radius 2 is 0.717 bits per heavy atom. The third-order valence-electron chi connectivity index (χ3n) is 30.1. The van der Waals surface area contributed by atoms with Crippen molar-refractivity contribution in [2.24, 2.45) is 154 Å². The summed E-state index contributed by atoms with van der Waals surface area (Å²) in [5, 5.41) is 0. The van der Waals surface area contributed by atoms with Crippen molar-refractivity contribution in [1.82, 2.24) is 0 Å². The minimum Gasteiger partial charge on any atom is -0.0651 e. The average molecular weight is 1280 g/mol. The van der Waals surface area contributed by atoms with Crippen molar-refractivity contribution in [2.45, 2.75) is 434 Å². The molecule has 12 rings (SSSR count). The van der Waals surface area contributed by atoms with E-state index in [0.29, 0.717) is 65.0 Å². The van der Waals surface area contributed by atoms with Gasteiger partial charge in [-0.1, -0.05) is 286 Å². The van der Waals surface area contributed by atoms with Gasteiger partial charge in [0.2, 0.25) is 0 Å². The normalized spacial score (nSPS) is 36.9. The van der Waals surface area contributed by atoms with Crippen molar-refractivity contribution in [2.75, 3.05) is 0 Å². The first-order valence-corrected chi connectivity index (χ1v) is 41.7. The Morgan fingerprint density at radius 1 is 0.304 bits per heavy atom. The molecule has 0 aromatic carbocycles. The van der Waals surface area contributed by atoms with Gasteiger partial charge in [-0.2, -0.15) is 0 Å². The van der Waals surface area contributed by atoms with Crippen LogP contribution in [0.3, 0.4) is 0 Å². The average Bonchev–Trinajstić information content (AvgIpc) is 1.51. The summed E-state index contributed by atoms with van der Waals surface area (Å²) in [4.78, 5) is 0. The lowest BCUT2D eigenvalue weighted by Gasteiger charge is -2.49. The molecular weight excluding hydrogens is 1110 g/mol. The van der Waals surface area contributed by atoms with Crippen LogP contribution in [-0.2, 0) is 0 Å². The zero-order chi connectivity index (χ0) is 70.3. The minimum atomic E-state index is 0.547. The van der Waals surface area contributed by atoms with E-state index >= 15 is 0 Å². The Hall–Kier alpha value is 0. The van der Waals surface area contributed by atoms with Gasteiger partial charge in [-0.3, -0.25) is 0 Å². The highest BCUT2D eigenvalue weighted by molar-refractivity contribution is 5.00. The second-order valence-corrected chi connectivity index (χ2v) is 46.0. The van der Waals surface area contributed by atoms with Crippen molar-refractivity contribution in [3.05, 3.63) is 0 Å². The first-order valence-electron chi connectivity index (χ1n) is 41.7. The van der Waals surface area contributed by atoms with E-state index in [1.54, 1.807) is 32.1 Å². The third kappa shape index (κ3) is 26.8. The van der Waals surface area contributed by atoms with Crippen LogP contribution in [-0.4, -0.2) is 0 Å². The van der Waals surface area contributed by atoms with Crippen LogP contribution in [0.25, 0.3) is 0 Å². The van der Waals surface area contributed by atoms with Gasteiger partial charge in [0.25, 0.3) is 0 Å². The second-order valence-electron chi connectivity index (χ2n) is 46.0. The van der Waals surface area contributed by atoms with Crippen LogP contribution in [0.2, 0.25) is 0 Å². The van der Waals surface area contributed by atoms with Gasteiger partial charge < -0.3 is 0 Å². The van der Waals surface area contributed by atoms with Crippen LogP contribution in [0.4, 0.5) is 0 Å². The van der Waals surface area contributed by atoms with Crippen LogP contribution in [0, 0.1) is 154 Å². The summed E-state index contributed by atoms with van der Waals surface area (Å²) in [5.41, 5.74) is 7.09. The fourth-order valence-corrected chi connectivity index (χ4v) is 25.4. The Balaban J connectivity index is 0.000000221. The van der Waals surface area contributed by atoms with E-state index < -0.39 is 0 Å². The van der Waals surface area contributed by atoms with Crippen molar-refractivity contribution >= 4 is 0 Å². The standard InChI is InChI=1S/2C12H24.2C11H22.C10H18.2C9H16.2C9H18/c1-10(2)7-11(3,4)9-12(5,6)8-10;1-6-10-7-11(2,3)9-12(4,5)8-10;1-9-6-10(2,3)8-11(4,5)7-9;1-9-10(2,3)7-6-8-11(9,4)5;1-7-8-4-5-9(6-8)10(7,2)3;1-6-7(2)9-4-3-8(6)5-9;1-2-8-5-7-3-4-9(8)6-7;1-8-4-6-9(2,3)7-5-8;1-8-6-4-5-7-9(8,2)3/h7-9H2,1-6H3;10H,6-9H2,1-5H3;2*9H,6-8H2,1-5H3;7-9H,4-6H2,1-3H3;6-9H,3-5H2,1-2H3;7-9H,2-6H2,1H3;2*8H,4-7H2,1-3H3/t;;;;7-,8?,9?;6-,7?,8?,9?;;;8-/m....10..1/s1. The lowest BCUT2D eigenvalue weighted by Crippen LogP contribution is -2.38. The van der Waals surface area contributed by atoms with Gasteiger partial charge in [0.15, 0.2) is 0 Å². The molecule has 0 aromatic heterocycles. The summed E-state index contributed by atoms with van der Waals surface area (Å²) in [6.07, 6.45) is 46.8. The lowest BCUT2D eigenvalue weighted by molar-refractivity contribution is 0.0202. The smallest absolute Gasteiger partial charge is 0.0297 e.